The fraction of sp³-hybridized carbons (Fsp3) is 0.300. The molecule has 0 unspecified atom stereocenters. The van der Waals surface area contributed by atoms with Crippen LogP contribution in [0, 0.1) is 0 Å². The van der Waals surface area contributed by atoms with E-state index in [4.69, 9.17) is 16.3 Å². The first kappa shape index (κ1) is 17.1. The Morgan fingerprint density at radius 3 is 2.81 bits per heavy atom. The van der Waals surface area contributed by atoms with Gasteiger partial charge in [0.1, 0.15) is 5.15 Å². The van der Waals surface area contributed by atoms with Crippen molar-refractivity contribution in [2.24, 2.45) is 0 Å². The number of morpholine rings is 1. The van der Waals surface area contributed by atoms with Crippen molar-refractivity contribution in [3.63, 3.8) is 0 Å². The van der Waals surface area contributed by atoms with Crippen molar-refractivity contribution >= 4 is 28.4 Å². The number of H-pyrrole nitrogens is 1. The summed E-state index contributed by atoms with van der Waals surface area (Å²) in [5, 5.41) is 1.58. The number of ether oxygens (including phenoxy) is 1. The lowest BCUT2D eigenvalue weighted by Crippen LogP contribution is -2.41. The number of rotatable bonds is 4. The maximum absolute atomic E-state index is 12.9. The zero-order valence-corrected chi connectivity index (χ0v) is 15.1. The van der Waals surface area contributed by atoms with E-state index in [1.54, 1.807) is 12.3 Å². The first-order valence-electron chi connectivity index (χ1n) is 8.75. The van der Waals surface area contributed by atoms with Crippen LogP contribution in [0.5, 0.6) is 0 Å². The van der Waals surface area contributed by atoms with E-state index >= 15 is 0 Å². The van der Waals surface area contributed by atoms with Gasteiger partial charge in [0.15, 0.2) is 0 Å². The average molecular weight is 370 g/mol. The van der Waals surface area contributed by atoms with Crippen LogP contribution in [-0.4, -0.2) is 47.1 Å². The summed E-state index contributed by atoms with van der Waals surface area (Å²) < 4.78 is 5.36. The molecule has 0 spiro atoms. The number of hydrogen-bond donors (Lipinski definition) is 1. The Balaban J connectivity index is 1.69. The first-order valence-corrected chi connectivity index (χ1v) is 9.13. The molecule has 3 aromatic rings. The van der Waals surface area contributed by atoms with Gasteiger partial charge < -0.3 is 14.6 Å². The van der Waals surface area contributed by atoms with Crippen LogP contribution in [0.25, 0.3) is 10.9 Å². The van der Waals surface area contributed by atoms with Crippen LogP contribution < -0.4 is 0 Å². The fourth-order valence-electron chi connectivity index (χ4n) is 3.50. The van der Waals surface area contributed by atoms with Gasteiger partial charge in [-0.1, -0.05) is 35.9 Å². The van der Waals surface area contributed by atoms with Gasteiger partial charge >= 0.3 is 0 Å². The normalized spacial score (nSPS) is 16.0. The van der Waals surface area contributed by atoms with E-state index in [2.05, 4.69) is 16.0 Å². The molecule has 1 saturated heterocycles. The smallest absolute Gasteiger partial charge is 0.223 e. The zero-order chi connectivity index (χ0) is 17.9. The minimum atomic E-state index is -0.0775. The highest BCUT2D eigenvalue weighted by molar-refractivity contribution is 6.29. The molecule has 0 bridgehead atoms. The number of aromatic nitrogens is 2. The summed E-state index contributed by atoms with van der Waals surface area (Å²) in [6, 6.07) is 11.9. The van der Waals surface area contributed by atoms with E-state index in [1.807, 2.05) is 35.4 Å². The lowest BCUT2D eigenvalue weighted by Gasteiger charge is -2.28. The Labute approximate surface area is 156 Å². The van der Waals surface area contributed by atoms with Crippen LogP contribution in [0.15, 0.2) is 48.8 Å². The quantitative estimate of drug-likeness (QED) is 0.715. The molecule has 5 nitrogen and oxygen atoms in total. The van der Waals surface area contributed by atoms with E-state index in [1.165, 1.54) is 0 Å². The third-order valence-corrected chi connectivity index (χ3v) is 5.12. The number of nitrogens with zero attached hydrogens (tertiary/aromatic N) is 2. The van der Waals surface area contributed by atoms with E-state index in [0.717, 1.165) is 22.0 Å². The molecular formula is C20H20ClN3O2. The summed E-state index contributed by atoms with van der Waals surface area (Å²) in [7, 11) is 0. The molecule has 134 valence electrons. The van der Waals surface area contributed by atoms with Crippen molar-refractivity contribution in [1.82, 2.24) is 14.9 Å². The van der Waals surface area contributed by atoms with Crippen molar-refractivity contribution in [2.75, 3.05) is 26.3 Å². The Morgan fingerprint density at radius 1 is 1.23 bits per heavy atom. The Kier molecular flexibility index (Phi) is 4.91. The number of para-hydroxylation sites is 1. The summed E-state index contributed by atoms with van der Waals surface area (Å²) in [4.78, 5) is 22.3. The highest BCUT2D eigenvalue weighted by Crippen LogP contribution is 2.34. The Bertz CT molecular complexity index is 901. The summed E-state index contributed by atoms with van der Waals surface area (Å²) in [5.74, 6) is 0.0600. The average Bonchev–Trinajstić information content (AvgIpc) is 3.11. The Hall–Kier alpha value is -2.37. The molecule has 1 fully saturated rings. The SMILES string of the molecule is O=C(C[C@H](c1ccc(Cl)nc1)c1c[nH]c2ccccc12)N1CCOCC1. The highest BCUT2D eigenvalue weighted by Gasteiger charge is 2.25. The van der Waals surface area contributed by atoms with E-state index in [-0.39, 0.29) is 11.8 Å². The number of carbonyl (C=O) groups excluding carboxylic acids is 1. The molecule has 3 heterocycles. The second-order valence-electron chi connectivity index (χ2n) is 6.45. The lowest BCUT2D eigenvalue weighted by atomic mass is 9.88. The van der Waals surface area contributed by atoms with Crippen LogP contribution in [-0.2, 0) is 9.53 Å². The molecule has 6 heteroatoms. The van der Waals surface area contributed by atoms with Crippen LogP contribution in [0.1, 0.15) is 23.5 Å². The summed E-state index contributed by atoms with van der Waals surface area (Å²) in [6.45, 7) is 2.51. The molecule has 2 aromatic heterocycles. The maximum Gasteiger partial charge on any atom is 0.223 e. The molecule has 4 rings (SSSR count). The second-order valence-corrected chi connectivity index (χ2v) is 6.84. The standard InChI is InChI=1S/C20H20ClN3O2/c21-19-6-5-14(12-23-19)16(11-20(25)24-7-9-26-10-8-24)17-13-22-18-4-2-1-3-15(17)18/h1-6,12-13,16,22H,7-11H2/t16-/m1/s1. The fourth-order valence-corrected chi connectivity index (χ4v) is 3.61. The van der Waals surface area contributed by atoms with Gasteiger partial charge in [-0.2, -0.15) is 0 Å². The molecule has 1 aliphatic rings. The largest absolute Gasteiger partial charge is 0.378 e. The van der Waals surface area contributed by atoms with E-state index in [0.29, 0.717) is 37.9 Å². The molecule has 0 radical (unpaired) electrons. The predicted molar refractivity (Wildman–Crippen MR) is 101 cm³/mol. The third kappa shape index (κ3) is 3.45. The number of fused-ring (bicyclic) bond motifs is 1. The molecule has 1 aromatic carbocycles. The van der Waals surface area contributed by atoms with Crippen LogP contribution in [0.4, 0.5) is 0 Å². The van der Waals surface area contributed by atoms with Gasteiger partial charge in [0.05, 0.1) is 13.2 Å². The van der Waals surface area contributed by atoms with Gasteiger partial charge in [-0.25, -0.2) is 4.98 Å². The van der Waals surface area contributed by atoms with Crippen molar-refractivity contribution in [3.05, 3.63) is 65.1 Å². The zero-order valence-electron chi connectivity index (χ0n) is 14.3. The lowest BCUT2D eigenvalue weighted by molar-refractivity contribution is -0.135. The van der Waals surface area contributed by atoms with Gasteiger partial charge in [0, 0.05) is 48.7 Å². The Morgan fingerprint density at radius 2 is 2.04 bits per heavy atom. The number of nitrogens with one attached hydrogen (secondary N) is 1. The monoisotopic (exact) mass is 369 g/mol. The number of hydrogen-bond acceptors (Lipinski definition) is 3. The van der Waals surface area contributed by atoms with Crippen LogP contribution >= 0.6 is 11.6 Å². The molecule has 1 N–H and O–H groups in total. The number of carbonyl (C=O) groups is 1. The number of aromatic amines is 1. The number of pyridine rings is 1. The molecule has 1 amide bonds. The third-order valence-electron chi connectivity index (χ3n) is 4.89. The summed E-state index contributed by atoms with van der Waals surface area (Å²) in [5.41, 5.74) is 3.15. The van der Waals surface area contributed by atoms with Gasteiger partial charge in [0.2, 0.25) is 5.91 Å². The van der Waals surface area contributed by atoms with Gasteiger partial charge in [-0.3, -0.25) is 4.79 Å². The van der Waals surface area contributed by atoms with Crippen molar-refractivity contribution in [2.45, 2.75) is 12.3 Å². The minimum Gasteiger partial charge on any atom is -0.378 e. The van der Waals surface area contributed by atoms with Crippen LogP contribution in [0.2, 0.25) is 5.15 Å². The first-order chi connectivity index (χ1) is 12.7. The predicted octanol–water partition coefficient (Wildman–Crippen LogP) is 3.60. The van der Waals surface area contributed by atoms with E-state index in [9.17, 15) is 4.79 Å². The second kappa shape index (κ2) is 7.48. The molecule has 26 heavy (non-hydrogen) atoms. The minimum absolute atomic E-state index is 0.0775. The topological polar surface area (TPSA) is 58.2 Å². The van der Waals surface area contributed by atoms with Crippen molar-refractivity contribution in [1.29, 1.82) is 0 Å². The molecule has 1 aliphatic heterocycles. The molecular weight excluding hydrogens is 350 g/mol. The number of halogens is 1. The highest BCUT2D eigenvalue weighted by atomic mass is 35.5. The van der Waals surface area contributed by atoms with Gasteiger partial charge in [-0.05, 0) is 23.3 Å². The van der Waals surface area contributed by atoms with Gasteiger partial charge in [0.25, 0.3) is 0 Å². The summed E-state index contributed by atoms with van der Waals surface area (Å²) >= 11 is 5.96. The van der Waals surface area contributed by atoms with Crippen molar-refractivity contribution < 1.29 is 9.53 Å². The van der Waals surface area contributed by atoms with Crippen molar-refractivity contribution in [3.8, 4) is 0 Å². The number of amides is 1. The maximum atomic E-state index is 12.9. The van der Waals surface area contributed by atoms with E-state index < -0.39 is 0 Å². The molecule has 0 aliphatic carbocycles. The molecule has 1 atom stereocenters. The molecule has 0 saturated carbocycles. The summed E-state index contributed by atoms with van der Waals surface area (Å²) in [6.07, 6.45) is 4.16. The van der Waals surface area contributed by atoms with Gasteiger partial charge in [-0.15, -0.1) is 0 Å². The number of benzene rings is 1. The van der Waals surface area contributed by atoms with Crippen LogP contribution in [0.3, 0.4) is 0 Å².